The van der Waals surface area contributed by atoms with Crippen LogP contribution in [0.4, 0.5) is 5.69 Å². The largest absolute Gasteiger partial charge is 0.383 e. The van der Waals surface area contributed by atoms with Crippen LogP contribution in [0.5, 0.6) is 0 Å². The van der Waals surface area contributed by atoms with Crippen molar-refractivity contribution in [3.63, 3.8) is 0 Å². The summed E-state index contributed by atoms with van der Waals surface area (Å²) in [5.41, 5.74) is 1.05. The van der Waals surface area contributed by atoms with Gasteiger partial charge >= 0.3 is 0 Å². The molecule has 1 aliphatic carbocycles. The summed E-state index contributed by atoms with van der Waals surface area (Å²) in [5, 5.41) is 3.47. The minimum Gasteiger partial charge on any atom is -0.383 e. The highest BCUT2D eigenvalue weighted by Gasteiger charge is 2.31. The van der Waals surface area contributed by atoms with Gasteiger partial charge in [-0.05, 0) is 40.8 Å². The molecule has 0 aliphatic heterocycles. The predicted octanol–water partition coefficient (Wildman–Crippen LogP) is 2.68. The van der Waals surface area contributed by atoms with Gasteiger partial charge in [0.05, 0.1) is 24.5 Å². The van der Waals surface area contributed by atoms with Gasteiger partial charge in [-0.3, -0.25) is 4.98 Å². The molecule has 0 aromatic carbocycles. The monoisotopic (exact) mass is 270 g/mol. The van der Waals surface area contributed by atoms with Crippen LogP contribution in [-0.2, 0) is 4.74 Å². The molecule has 0 bridgehead atoms. The van der Waals surface area contributed by atoms with E-state index in [0.717, 1.165) is 22.7 Å². The van der Waals surface area contributed by atoms with Crippen LogP contribution < -0.4 is 5.32 Å². The number of anilines is 1. The van der Waals surface area contributed by atoms with Crippen LogP contribution in [0.1, 0.15) is 12.8 Å². The first kappa shape index (κ1) is 10.9. The minimum atomic E-state index is 0.422. The van der Waals surface area contributed by atoms with Gasteiger partial charge in [-0.15, -0.1) is 0 Å². The Kier molecular flexibility index (Phi) is 3.59. The zero-order valence-corrected chi connectivity index (χ0v) is 10.3. The van der Waals surface area contributed by atoms with Gasteiger partial charge < -0.3 is 10.1 Å². The highest BCUT2D eigenvalue weighted by Crippen LogP contribution is 2.34. The Morgan fingerprint density at radius 2 is 2.40 bits per heavy atom. The number of rotatable bonds is 5. The van der Waals surface area contributed by atoms with Gasteiger partial charge in [-0.25, -0.2) is 0 Å². The van der Waals surface area contributed by atoms with Crippen LogP contribution >= 0.6 is 15.9 Å². The van der Waals surface area contributed by atoms with Crippen molar-refractivity contribution in [2.75, 3.05) is 19.0 Å². The van der Waals surface area contributed by atoms with E-state index in [-0.39, 0.29) is 0 Å². The zero-order valence-electron chi connectivity index (χ0n) is 8.74. The van der Waals surface area contributed by atoms with Crippen molar-refractivity contribution >= 4 is 21.6 Å². The number of methoxy groups -OCH3 is 1. The van der Waals surface area contributed by atoms with Crippen molar-refractivity contribution in [1.82, 2.24) is 4.98 Å². The maximum Gasteiger partial charge on any atom is 0.0666 e. The average Bonchev–Trinajstić information content (AvgIpc) is 3.00. The summed E-state index contributed by atoms with van der Waals surface area (Å²) in [6, 6.07) is 2.46. The highest BCUT2D eigenvalue weighted by molar-refractivity contribution is 9.10. The Balaban J connectivity index is 1.98. The maximum absolute atomic E-state index is 5.21. The lowest BCUT2D eigenvalue weighted by Gasteiger charge is -2.18. The lowest BCUT2D eigenvalue weighted by atomic mass is 10.2. The Bertz CT molecular complexity index is 328. The third kappa shape index (κ3) is 3.18. The lowest BCUT2D eigenvalue weighted by molar-refractivity contribution is 0.179. The summed E-state index contributed by atoms with van der Waals surface area (Å²) in [4.78, 5) is 4.13. The Labute approximate surface area is 98.4 Å². The maximum atomic E-state index is 5.21. The normalized spacial score (nSPS) is 17.5. The van der Waals surface area contributed by atoms with Crippen LogP contribution in [-0.4, -0.2) is 24.7 Å². The molecule has 1 unspecified atom stereocenters. The molecule has 1 N–H and O–H groups in total. The smallest absolute Gasteiger partial charge is 0.0666 e. The predicted molar refractivity (Wildman–Crippen MR) is 63.9 cm³/mol. The standard InChI is InChI=1S/C11H15BrN2O/c1-15-7-11(8-2-3-8)14-10-4-9(12)5-13-6-10/h4-6,8,11,14H,2-3,7H2,1H3. The molecule has 0 saturated heterocycles. The molecule has 0 radical (unpaired) electrons. The fourth-order valence-corrected chi connectivity index (χ4v) is 2.04. The van der Waals surface area contributed by atoms with Gasteiger partial charge in [0.25, 0.3) is 0 Å². The Morgan fingerprint density at radius 3 is 3.00 bits per heavy atom. The van der Waals surface area contributed by atoms with E-state index in [1.165, 1.54) is 12.8 Å². The van der Waals surface area contributed by atoms with Gasteiger partial charge in [0.1, 0.15) is 0 Å². The number of hydrogen-bond acceptors (Lipinski definition) is 3. The molecule has 0 amide bonds. The van der Waals surface area contributed by atoms with Gasteiger partial charge in [0.2, 0.25) is 0 Å². The molecular formula is C11H15BrN2O. The first-order valence-corrected chi connectivity index (χ1v) is 5.95. The van der Waals surface area contributed by atoms with E-state index in [2.05, 4.69) is 26.2 Å². The third-order valence-corrected chi connectivity index (χ3v) is 3.03. The fourth-order valence-electron chi connectivity index (χ4n) is 1.68. The van der Waals surface area contributed by atoms with E-state index in [1.807, 2.05) is 12.3 Å². The lowest BCUT2D eigenvalue weighted by Crippen LogP contribution is -2.27. The number of hydrogen-bond donors (Lipinski definition) is 1. The number of pyridine rings is 1. The number of halogens is 1. The highest BCUT2D eigenvalue weighted by atomic mass is 79.9. The quantitative estimate of drug-likeness (QED) is 0.894. The van der Waals surface area contributed by atoms with E-state index >= 15 is 0 Å². The summed E-state index contributed by atoms with van der Waals surface area (Å²) >= 11 is 3.41. The molecular weight excluding hydrogens is 256 g/mol. The molecule has 1 aromatic rings. The van der Waals surface area contributed by atoms with E-state index < -0.39 is 0 Å². The molecule has 1 heterocycles. The number of nitrogens with zero attached hydrogens (tertiary/aromatic N) is 1. The number of ether oxygens (including phenoxy) is 1. The van der Waals surface area contributed by atoms with Crippen molar-refractivity contribution in [2.24, 2.45) is 5.92 Å². The van der Waals surface area contributed by atoms with Crippen LogP contribution in [0, 0.1) is 5.92 Å². The van der Waals surface area contributed by atoms with E-state index in [0.29, 0.717) is 6.04 Å². The Morgan fingerprint density at radius 1 is 1.60 bits per heavy atom. The topological polar surface area (TPSA) is 34.1 Å². The van der Waals surface area contributed by atoms with Crippen LogP contribution in [0.2, 0.25) is 0 Å². The van der Waals surface area contributed by atoms with Gasteiger partial charge in [0.15, 0.2) is 0 Å². The molecule has 2 rings (SSSR count). The van der Waals surface area contributed by atoms with Crippen molar-refractivity contribution in [1.29, 1.82) is 0 Å². The average molecular weight is 271 g/mol. The molecule has 82 valence electrons. The van der Waals surface area contributed by atoms with Crippen LogP contribution in [0.15, 0.2) is 22.9 Å². The van der Waals surface area contributed by atoms with Crippen LogP contribution in [0.25, 0.3) is 0 Å². The van der Waals surface area contributed by atoms with Gasteiger partial charge in [0, 0.05) is 17.8 Å². The molecule has 1 fully saturated rings. The summed E-state index contributed by atoms with van der Waals surface area (Å²) in [6.07, 6.45) is 6.24. The van der Waals surface area contributed by atoms with Gasteiger partial charge in [-0.2, -0.15) is 0 Å². The molecule has 1 saturated carbocycles. The molecule has 3 nitrogen and oxygen atoms in total. The van der Waals surface area contributed by atoms with Gasteiger partial charge in [-0.1, -0.05) is 0 Å². The van der Waals surface area contributed by atoms with Crippen molar-refractivity contribution < 1.29 is 4.74 Å². The summed E-state index contributed by atoms with van der Waals surface area (Å²) in [7, 11) is 1.75. The molecule has 15 heavy (non-hydrogen) atoms. The van der Waals surface area contributed by atoms with Crippen molar-refractivity contribution in [3.8, 4) is 0 Å². The number of aromatic nitrogens is 1. The molecule has 4 heteroatoms. The second kappa shape index (κ2) is 4.94. The molecule has 0 spiro atoms. The Hall–Kier alpha value is -0.610. The first-order valence-electron chi connectivity index (χ1n) is 5.15. The van der Waals surface area contributed by atoms with E-state index in [9.17, 15) is 0 Å². The number of nitrogens with one attached hydrogen (secondary N) is 1. The molecule has 1 aliphatic rings. The first-order chi connectivity index (χ1) is 7.29. The van der Waals surface area contributed by atoms with E-state index in [1.54, 1.807) is 13.3 Å². The molecule has 1 atom stereocenters. The van der Waals surface area contributed by atoms with Crippen LogP contribution in [0.3, 0.4) is 0 Å². The summed E-state index contributed by atoms with van der Waals surface area (Å²) in [5.74, 6) is 0.768. The summed E-state index contributed by atoms with van der Waals surface area (Å²) in [6.45, 7) is 0.761. The second-order valence-corrected chi connectivity index (χ2v) is 4.85. The minimum absolute atomic E-state index is 0.422. The second-order valence-electron chi connectivity index (χ2n) is 3.94. The fraction of sp³-hybridized carbons (Fsp3) is 0.545. The zero-order chi connectivity index (χ0) is 10.7. The SMILES string of the molecule is COCC(Nc1cncc(Br)c1)C1CC1. The van der Waals surface area contributed by atoms with Crippen molar-refractivity contribution in [2.45, 2.75) is 18.9 Å². The van der Waals surface area contributed by atoms with E-state index in [4.69, 9.17) is 4.74 Å². The summed E-state index contributed by atoms with van der Waals surface area (Å²) < 4.78 is 6.21. The molecule has 1 aromatic heterocycles. The van der Waals surface area contributed by atoms with Crippen molar-refractivity contribution in [3.05, 3.63) is 22.9 Å². The third-order valence-electron chi connectivity index (χ3n) is 2.59.